The first kappa shape index (κ1) is 11.3. The molecule has 0 aliphatic carbocycles. The Bertz CT molecular complexity index is 552. The molecular formula is C10H8BrNO3S. The van der Waals surface area contributed by atoms with Crippen molar-refractivity contribution in [1.82, 2.24) is 0 Å². The van der Waals surface area contributed by atoms with Crippen LogP contribution < -0.4 is 4.73 Å². The number of ether oxygens (including phenoxy) is 1. The number of aromatic nitrogens is 1. The number of esters is 1. The van der Waals surface area contributed by atoms with Crippen LogP contribution in [0, 0.1) is 5.21 Å². The third-order valence-corrected chi connectivity index (χ3v) is 4.26. The summed E-state index contributed by atoms with van der Waals surface area (Å²) in [6, 6.07) is 3.43. The fraction of sp³-hybridized carbons (Fsp3) is 0.200. The number of hydrogen-bond donors (Lipinski definition) is 0. The molecule has 0 atom stereocenters. The summed E-state index contributed by atoms with van der Waals surface area (Å²) in [5.74, 6) is -0.407. The zero-order chi connectivity index (χ0) is 11.7. The van der Waals surface area contributed by atoms with E-state index in [2.05, 4.69) is 15.9 Å². The van der Waals surface area contributed by atoms with Crippen molar-refractivity contribution in [2.75, 3.05) is 6.61 Å². The van der Waals surface area contributed by atoms with E-state index in [4.69, 9.17) is 4.74 Å². The van der Waals surface area contributed by atoms with Gasteiger partial charge in [-0.3, -0.25) is 0 Å². The van der Waals surface area contributed by atoms with Gasteiger partial charge < -0.3 is 9.94 Å². The fourth-order valence-corrected chi connectivity index (χ4v) is 3.16. The molecule has 0 unspecified atom stereocenters. The standard InChI is InChI=1S/C10H8BrNO3S/c1-2-15-10(13)8-7(11)6-4-3-5-12(14)9(6)16-8/h3-5H,2H2,1H3. The molecule has 0 amide bonds. The van der Waals surface area contributed by atoms with Crippen molar-refractivity contribution in [2.45, 2.75) is 6.92 Å². The lowest BCUT2D eigenvalue weighted by molar-refractivity contribution is -0.574. The summed E-state index contributed by atoms with van der Waals surface area (Å²) >= 11 is 4.44. The normalized spacial score (nSPS) is 10.6. The van der Waals surface area contributed by atoms with Gasteiger partial charge in [0.1, 0.15) is 4.88 Å². The Kier molecular flexibility index (Phi) is 3.11. The van der Waals surface area contributed by atoms with Gasteiger partial charge in [-0.2, -0.15) is 4.73 Å². The predicted octanol–water partition coefficient (Wildman–Crippen LogP) is 2.47. The maximum Gasteiger partial charge on any atom is 0.349 e. The highest BCUT2D eigenvalue weighted by molar-refractivity contribution is 9.10. The Labute approximate surface area is 104 Å². The molecule has 2 aromatic rings. The van der Waals surface area contributed by atoms with Gasteiger partial charge in [-0.15, -0.1) is 0 Å². The minimum Gasteiger partial charge on any atom is -0.618 e. The van der Waals surface area contributed by atoms with Crippen LogP contribution in [-0.4, -0.2) is 12.6 Å². The van der Waals surface area contributed by atoms with Crippen molar-refractivity contribution >= 4 is 43.5 Å². The second-order valence-electron chi connectivity index (χ2n) is 3.02. The van der Waals surface area contributed by atoms with Crippen LogP contribution >= 0.6 is 27.3 Å². The van der Waals surface area contributed by atoms with Gasteiger partial charge in [0.15, 0.2) is 6.20 Å². The zero-order valence-corrected chi connectivity index (χ0v) is 10.8. The first-order valence-corrected chi connectivity index (χ1v) is 6.23. The molecule has 2 aromatic heterocycles. The zero-order valence-electron chi connectivity index (χ0n) is 8.40. The molecule has 0 radical (unpaired) electrons. The van der Waals surface area contributed by atoms with Gasteiger partial charge in [-0.05, 0) is 28.9 Å². The third-order valence-electron chi connectivity index (χ3n) is 2.01. The smallest absolute Gasteiger partial charge is 0.349 e. The number of thiophene rings is 1. The Morgan fingerprint density at radius 3 is 3.06 bits per heavy atom. The SMILES string of the molecule is CCOC(=O)c1sc2c(ccc[n+]2[O-])c1Br. The Hall–Kier alpha value is -1.14. The summed E-state index contributed by atoms with van der Waals surface area (Å²) in [4.78, 5) is 12.5. The van der Waals surface area contributed by atoms with E-state index in [1.807, 2.05) is 0 Å². The third kappa shape index (κ3) is 1.78. The van der Waals surface area contributed by atoms with Gasteiger partial charge in [0.25, 0.3) is 4.83 Å². The number of hydrogen-bond acceptors (Lipinski definition) is 4. The summed E-state index contributed by atoms with van der Waals surface area (Å²) in [5.41, 5.74) is 0. The maximum atomic E-state index is 11.6. The Morgan fingerprint density at radius 2 is 2.44 bits per heavy atom. The van der Waals surface area contributed by atoms with Crippen molar-refractivity contribution in [3.63, 3.8) is 0 Å². The molecule has 6 heteroatoms. The molecular weight excluding hydrogens is 294 g/mol. The minimum atomic E-state index is -0.407. The van der Waals surface area contributed by atoms with E-state index in [9.17, 15) is 10.0 Å². The van der Waals surface area contributed by atoms with E-state index in [-0.39, 0.29) is 0 Å². The van der Waals surface area contributed by atoms with Crippen molar-refractivity contribution in [2.24, 2.45) is 0 Å². The number of rotatable bonds is 2. The maximum absolute atomic E-state index is 11.6. The van der Waals surface area contributed by atoms with E-state index in [0.29, 0.717) is 20.8 Å². The van der Waals surface area contributed by atoms with E-state index in [1.165, 1.54) is 6.20 Å². The predicted molar refractivity (Wildman–Crippen MR) is 64.4 cm³/mol. The molecule has 0 aliphatic heterocycles. The topological polar surface area (TPSA) is 53.2 Å². The highest BCUT2D eigenvalue weighted by Gasteiger charge is 2.21. The van der Waals surface area contributed by atoms with E-state index < -0.39 is 5.97 Å². The van der Waals surface area contributed by atoms with E-state index in [0.717, 1.165) is 21.5 Å². The lowest BCUT2D eigenvalue weighted by Crippen LogP contribution is -2.24. The molecule has 0 N–H and O–H groups in total. The average Bonchev–Trinajstić information content (AvgIpc) is 2.59. The van der Waals surface area contributed by atoms with Crippen LogP contribution in [0.3, 0.4) is 0 Å². The lowest BCUT2D eigenvalue weighted by Gasteiger charge is -1.97. The minimum absolute atomic E-state index is 0.316. The monoisotopic (exact) mass is 301 g/mol. The molecule has 0 saturated carbocycles. The number of nitrogens with zero attached hydrogens (tertiary/aromatic N) is 1. The van der Waals surface area contributed by atoms with Gasteiger partial charge in [0, 0.05) is 6.07 Å². The molecule has 0 saturated heterocycles. The van der Waals surface area contributed by atoms with Crippen LogP contribution in [0.2, 0.25) is 0 Å². The molecule has 4 nitrogen and oxygen atoms in total. The number of fused-ring (bicyclic) bond motifs is 1. The summed E-state index contributed by atoms with van der Waals surface area (Å²) in [5, 5.41) is 12.2. The molecule has 2 heterocycles. The molecule has 0 bridgehead atoms. The second-order valence-corrected chi connectivity index (χ2v) is 4.81. The van der Waals surface area contributed by atoms with Crippen LogP contribution in [-0.2, 0) is 4.74 Å². The van der Waals surface area contributed by atoms with Crippen LogP contribution in [0.1, 0.15) is 16.6 Å². The van der Waals surface area contributed by atoms with Gasteiger partial charge in [0.2, 0.25) is 0 Å². The van der Waals surface area contributed by atoms with Crippen molar-refractivity contribution < 1.29 is 14.3 Å². The Morgan fingerprint density at radius 1 is 1.69 bits per heavy atom. The molecule has 0 spiro atoms. The molecule has 0 fully saturated rings. The van der Waals surface area contributed by atoms with Crippen LogP contribution in [0.15, 0.2) is 22.8 Å². The van der Waals surface area contributed by atoms with Gasteiger partial charge in [-0.25, -0.2) is 4.79 Å². The fourth-order valence-electron chi connectivity index (χ4n) is 1.33. The Balaban J connectivity index is 2.60. The van der Waals surface area contributed by atoms with Crippen LogP contribution in [0.5, 0.6) is 0 Å². The summed E-state index contributed by atoms with van der Waals surface area (Å²) < 4.78 is 6.27. The molecule has 0 aliphatic rings. The number of pyridine rings is 1. The van der Waals surface area contributed by atoms with Crippen molar-refractivity contribution in [1.29, 1.82) is 0 Å². The highest BCUT2D eigenvalue weighted by atomic mass is 79.9. The highest BCUT2D eigenvalue weighted by Crippen LogP contribution is 2.33. The van der Waals surface area contributed by atoms with Gasteiger partial charge >= 0.3 is 5.97 Å². The molecule has 2 rings (SSSR count). The second kappa shape index (κ2) is 4.39. The van der Waals surface area contributed by atoms with Gasteiger partial charge in [0.05, 0.1) is 16.5 Å². The van der Waals surface area contributed by atoms with Gasteiger partial charge in [-0.1, -0.05) is 11.3 Å². The van der Waals surface area contributed by atoms with E-state index >= 15 is 0 Å². The first-order valence-electron chi connectivity index (χ1n) is 4.62. The summed E-state index contributed by atoms with van der Waals surface area (Å²) in [6.45, 7) is 2.06. The van der Waals surface area contributed by atoms with Crippen molar-refractivity contribution in [3.05, 3.63) is 32.9 Å². The summed E-state index contributed by atoms with van der Waals surface area (Å²) in [7, 11) is 0. The number of carbonyl (C=O) groups is 1. The first-order chi connectivity index (χ1) is 7.65. The molecule has 0 aromatic carbocycles. The van der Waals surface area contributed by atoms with Crippen LogP contribution in [0.25, 0.3) is 10.2 Å². The van der Waals surface area contributed by atoms with E-state index in [1.54, 1.807) is 19.1 Å². The molecule has 16 heavy (non-hydrogen) atoms. The quantitative estimate of drug-likeness (QED) is 0.486. The summed E-state index contributed by atoms with van der Waals surface area (Å²) in [6.07, 6.45) is 1.40. The largest absolute Gasteiger partial charge is 0.618 e. The van der Waals surface area contributed by atoms with Crippen LogP contribution in [0.4, 0.5) is 0 Å². The lowest BCUT2D eigenvalue weighted by atomic mass is 10.3. The van der Waals surface area contributed by atoms with Crippen molar-refractivity contribution in [3.8, 4) is 0 Å². The number of halogens is 1. The average molecular weight is 302 g/mol. The number of carbonyl (C=O) groups excluding carboxylic acids is 1. The molecule has 84 valence electrons.